The minimum Gasteiger partial charge on any atom is -0.376 e. The molecule has 0 aliphatic carbocycles. The largest absolute Gasteiger partial charge is 0.376 e. The molecule has 0 saturated heterocycles. The van der Waals surface area contributed by atoms with Gasteiger partial charge in [0.1, 0.15) is 0 Å². The molecule has 5 nitrogen and oxygen atoms in total. The Morgan fingerprint density at radius 2 is 1.60 bits per heavy atom. The number of benzene rings is 2. The molecule has 0 bridgehead atoms. The molecule has 0 radical (unpaired) electrons. The van der Waals surface area contributed by atoms with Crippen LogP contribution in [0.4, 0.5) is 11.4 Å². The van der Waals surface area contributed by atoms with E-state index in [1.54, 1.807) is 24.3 Å². The summed E-state index contributed by atoms with van der Waals surface area (Å²) < 4.78 is 0.987. The molecule has 6 heteroatoms. The third-order valence-electron chi connectivity index (χ3n) is 3.54. The number of halogens is 1. The lowest BCUT2D eigenvalue weighted by molar-refractivity contribution is -0.114. The molecular weight excluding hydrogens is 382 g/mol. The summed E-state index contributed by atoms with van der Waals surface area (Å²) in [5.74, 6) is -0.244. The van der Waals surface area contributed by atoms with Crippen LogP contribution in [0.5, 0.6) is 0 Å². The Bertz CT molecular complexity index is 700. The minimum absolute atomic E-state index is 0.0942. The predicted octanol–water partition coefficient (Wildman–Crippen LogP) is 4.03. The summed E-state index contributed by atoms with van der Waals surface area (Å²) in [5.41, 5.74) is 2.12. The van der Waals surface area contributed by atoms with Gasteiger partial charge in [0.05, 0.1) is 6.54 Å². The molecule has 0 fully saturated rings. The Labute approximate surface area is 156 Å². The third kappa shape index (κ3) is 6.58. The van der Waals surface area contributed by atoms with Gasteiger partial charge in [-0.25, -0.2) is 0 Å². The van der Waals surface area contributed by atoms with E-state index in [0.717, 1.165) is 23.0 Å². The van der Waals surface area contributed by atoms with Crippen LogP contribution in [0.15, 0.2) is 53.0 Å². The zero-order valence-corrected chi connectivity index (χ0v) is 15.7. The smallest absolute Gasteiger partial charge is 0.251 e. The first-order chi connectivity index (χ1) is 12.1. The minimum atomic E-state index is -0.150. The van der Waals surface area contributed by atoms with Gasteiger partial charge < -0.3 is 16.0 Å². The van der Waals surface area contributed by atoms with Gasteiger partial charge in [-0.3, -0.25) is 9.59 Å². The number of carbonyl (C=O) groups excluding carboxylic acids is 2. The van der Waals surface area contributed by atoms with E-state index in [1.165, 1.54) is 0 Å². The summed E-state index contributed by atoms with van der Waals surface area (Å²) in [6.07, 6.45) is 2.00. The van der Waals surface area contributed by atoms with Crippen LogP contribution in [0, 0.1) is 0 Å². The highest BCUT2D eigenvalue weighted by Gasteiger charge is 2.06. The maximum atomic E-state index is 12.0. The van der Waals surface area contributed by atoms with Crippen LogP contribution in [-0.4, -0.2) is 24.9 Å². The lowest BCUT2D eigenvalue weighted by Gasteiger charge is -2.09. The number of unbranched alkanes of at least 4 members (excludes halogenated alkanes) is 1. The Kier molecular flexibility index (Phi) is 7.47. The highest BCUT2D eigenvalue weighted by atomic mass is 79.9. The van der Waals surface area contributed by atoms with Crippen molar-refractivity contribution in [1.29, 1.82) is 0 Å². The van der Waals surface area contributed by atoms with Gasteiger partial charge in [0, 0.05) is 28.0 Å². The van der Waals surface area contributed by atoms with Crippen LogP contribution in [0.1, 0.15) is 30.1 Å². The second-order valence-electron chi connectivity index (χ2n) is 5.60. The number of rotatable bonds is 8. The second-order valence-corrected chi connectivity index (χ2v) is 6.51. The topological polar surface area (TPSA) is 70.2 Å². The van der Waals surface area contributed by atoms with E-state index in [4.69, 9.17) is 0 Å². The van der Waals surface area contributed by atoms with Crippen molar-refractivity contribution in [2.45, 2.75) is 19.8 Å². The van der Waals surface area contributed by atoms with Crippen molar-refractivity contribution in [3.8, 4) is 0 Å². The molecule has 0 unspecified atom stereocenters. The molecule has 0 aliphatic rings. The van der Waals surface area contributed by atoms with Crippen molar-refractivity contribution in [3.05, 3.63) is 58.6 Å². The number of amides is 2. The van der Waals surface area contributed by atoms with Crippen molar-refractivity contribution in [2.75, 3.05) is 23.7 Å². The van der Waals surface area contributed by atoms with E-state index in [9.17, 15) is 9.59 Å². The van der Waals surface area contributed by atoms with Crippen LogP contribution < -0.4 is 16.0 Å². The summed E-state index contributed by atoms with van der Waals surface area (Å²) in [7, 11) is 0. The molecule has 2 aromatic carbocycles. The van der Waals surface area contributed by atoms with E-state index in [-0.39, 0.29) is 18.4 Å². The van der Waals surface area contributed by atoms with Gasteiger partial charge in [0.2, 0.25) is 5.91 Å². The lowest BCUT2D eigenvalue weighted by atomic mass is 10.2. The summed E-state index contributed by atoms with van der Waals surface area (Å²) >= 11 is 3.37. The molecule has 0 spiro atoms. The highest BCUT2D eigenvalue weighted by Crippen LogP contribution is 2.14. The molecule has 3 N–H and O–H groups in total. The van der Waals surface area contributed by atoms with E-state index >= 15 is 0 Å². The fourth-order valence-electron chi connectivity index (χ4n) is 2.14. The SMILES string of the molecule is CCCCNC(=O)c1ccc(NC(=O)CNc2ccc(Br)cc2)cc1. The fraction of sp³-hybridized carbons (Fsp3) is 0.263. The molecule has 2 rings (SSSR count). The Morgan fingerprint density at radius 1 is 0.960 bits per heavy atom. The van der Waals surface area contributed by atoms with Gasteiger partial charge in [-0.1, -0.05) is 29.3 Å². The quantitative estimate of drug-likeness (QED) is 0.582. The molecule has 25 heavy (non-hydrogen) atoms. The first kappa shape index (κ1) is 19.0. The predicted molar refractivity (Wildman–Crippen MR) is 105 cm³/mol. The van der Waals surface area contributed by atoms with Gasteiger partial charge in [-0.05, 0) is 55.0 Å². The summed E-state index contributed by atoms with van der Waals surface area (Å²) in [6.45, 7) is 2.92. The molecule has 2 aromatic rings. The number of carbonyl (C=O) groups is 2. The number of hydrogen-bond donors (Lipinski definition) is 3. The number of hydrogen-bond acceptors (Lipinski definition) is 3. The first-order valence-corrected chi connectivity index (χ1v) is 9.05. The van der Waals surface area contributed by atoms with Gasteiger partial charge in [0.15, 0.2) is 0 Å². The molecule has 0 atom stereocenters. The normalized spacial score (nSPS) is 10.2. The van der Waals surface area contributed by atoms with E-state index < -0.39 is 0 Å². The lowest BCUT2D eigenvalue weighted by Crippen LogP contribution is -2.24. The molecule has 0 heterocycles. The van der Waals surface area contributed by atoms with E-state index in [0.29, 0.717) is 17.8 Å². The van der Waals surface area contributed by atoms with Crippen LogP contribution in [0.25, 0.3) is 0 Å². The van der Waals surface area contributed by atoms with Gasteiger partial charge in [-0.2, -0.15) is 0 Å². The van der Waals surface area contributed by atoms with Gasteiger partial charge in [-0.15, -0.1) is 0 Å². The van der Waals surface area contributed by atoms with Crippen molar-refractivity contribution in [2.24, 2.45) is 0 Å². The van der Waals surface area contributed by atoms with Crippen LogP contribution >= 0.6 is 15.9 Å². The zero-order valence-electron chi connectivity index (χ0n) is 14.1. The van der Waals surface area contributed by atoms with Crippen molar-refractivity contribution >= 4 is 39.1 Å². The fourth-order valence-corrected chi connectivity index (χ4v) is 2.41. The average Bonchev–Trinajstić information content (AvgIpc) is 2.62. The average molecular weight is 404 g/mol. The van der Waals surface area contributed by atoms with Crippen molar-refractivity contribution in [1.82, 2.24) is 5.32 Å². The summed E-state index contributed by atoms with van der Waals surface area (Å²) in [5, 5.41) is 8.72. The monoisotopic (exact) mass is 403 g/mol. The molecule has 0 aromatic heterocycles. The van der Waals surface area contributed by atoms with Gasteiger partial charge in [0.25, 0.3) is 5.91 Å². The van der Waals surface area contributed by atoms with E-state index in [2.05, 4.69) is 38.8 Å². The molecule has 132 valence electrons. The van der Waals surface area contributed by atoms with Crippen LogP contribution in [0.2, 0.25) is 0 Å². The molecule has 2 amide bonds. The Balaban J connectivity index is 1.80. The Morgan fingerprint density at radius 3 is 2.24 bits per heavy atom. The van der Waals surface area contributed by atoms with Crippen molar-refractivity contribution < 1.29 is 9.59 Å². The highest BCUT2D eigenvalue weighted by molar-refractivity contribution is 9.10. The Hall–Kier alpha value is -2.34. The standard InChI is InChI=1S/C19H22BrN3O2/c1-2-3-12-21-19(25)14-4-8-17(9-5-14)23-18(24)13-22-16-10-6-15(20)7-11-16/h4-11,22H,2-3,12-13H2,1H3,(H,21,25)(H,23,24). The molecule has 0 saturated carbocycles. The second kappa shape index (κ2) is 9.84. The maximum absolute atomic E-state index is 12.0. The summed E-state index contributed by atoms with van der Waals surface area (Å²) in [4.78, 5) is 23.9. The maximum Gasteiger partial charge on any atom is 0.251 e. The third-order valence-corrected chi connectivity index (χ3v) is 4.07. The van der Waals surface area contributed by atoms with Gasteiger partial charge >= 0.3 is 0 Å². The summed E-state index contributed by atoms with van der Waals surface area (Å²) in [6, 6.07) is 14.5. The molecule has 0 aliphatic heterocycles. The number of anilines is 2. The van der Waals surface area contributed by atoms with E-state index in [1.807, 2.05) is 24.3 Å². The van der Waals surface area contributed by atoms with Crippen LogP contribution in [-0.2, 0) is 4.79 Å². The number of nitrogens with one attached hydrogen (secondary N) is 3. The van der Waals surface area contributed by atoms with Crippen molar-refractivity contribution in [3.63, 3.8) is 0 Å². The zero-order chi connectivity index (χ0) is 18.1. The van der Waals surface area contributed by atoms with Crippen LogP contribution in [0.3, 0.4) is 0 Å². The molecular formula is C19H22BrN3O2. The first-order valence-electron chi connectivity index (χ1n) is 8.26.